The Morgan fingerprint density at radius 2 is 1.53 bits per heavy atom. The molecule has 0 atom stereocenters. The van der Waals surface area contributed by atoms with Gasteiger partial charge in [0.25, 0.3) is 5.69 Å². The maximum absolute atomic E-state index is 12.7. The van der Waals surface area contributed by atoms with Crippen molar-refractivity contribution in [1.82, 2.24) is 5.32 Å². The van der Waals surface area contributed by atoms with Crippen LogP contribution in [-0.2, 0) is 13.2 Å². The molecule has 3 aromatic carbocycles. The van der Waals surface area contributed by atoms with E-state index in [4.69, 9.17) is 4.74 Å². The molecule has 0 bridgehead atoms. The first-order chi connectivity index (χ1) is 16.2. The van der Waals surface area contributed by atoms with Gasteiger partial charge in [0.2, 0.25) is 0 Å². The molecule has 0 saturated carbocycles. The molecule has 34 heavy (non-hydrogen) atoms. The first kappa shape index (κ1) is 24.8. The summed E-state index contributed by atoms with van der Waals surface area (Å²) < 4.78 is 5.82. The summed E-state index contributed by atoms with van der Waals surface area (Å²) in [5.41, 5.74) is 4.89. The lowest BCUT2D eigenvalue weighted by Gasteiger charge is -2.20. The minimum Gasteiger partial charge on any atom is -0.489 e. The molecule has 2 amide bonds. The molecule has 3 aromatic rings. The number of para-hydroxylation sites is 1. The standard InChI is InChI=1S/C27H31N3O4/c1-18(2)24-9-6-10-25(19(3)4)26(24)29-27(31)28-16-21-7-5-8-23(15-21)34-17-20-11-13-22(14-12-20)30(32)33/h5-15,18-19H,16-17H2,1-4H3,(H2,28,29,31). The zero-order chi connectivity index (χ0) is 24.7. The normalized spacial score (nSPS) is 10.9. The topological polar surface area (TPSA) is 93.5 Å². The van der Waals surface area contributed by atoms with Gasteiger partial charge in [-0.2, -0.15) is 0 Å². The van der Waals surface area contributed by atoms with Crippen LogP contribution in [0.5, 0.6) is 5.75 Å². The van der Waals surface area contributed by atoms with E-state index < -0.39 is 4.92 Å². The summed E-state index contributed by atoms with van der Waals surface area (Å²) >= 11 is 0. The van der Waals surface area contributed by atoms with Crippen LogP contribution >= 0.6 is 0 Å². The summed E-state index contributed by atoms with van der Waals surface area (Å²) in [6.07, 6.45) is 0. The fourth-order valence-electron chi connectivity index (χ4n) is 3.66. The molecule has 3 rings (SSSR count). The molecular weight excluding hydrogens is 430 g/mol. The molecule has 7 nitrogen and oxygen atoms in total. The number of benzene rings is 3. The van der Waals surface area contributed by atoms with Crippen molar-refractivity contribution >= 4 is 17.4 Å². The number of amides is 2. The van der Waals surface area contributed by atoms with Crippen molar-refractivity contribution < 1.29 is 14.5 Å². The maximum atomic E-state index is 12.7. The molecular formula is C27H31N3O4. The van der Waals surface area contributed by atoms with Crippen molar-refractivity contribution in [2.75, 3.05) is 5.32 Å². The SMILES string of the molecule is CC(C)c1cccc(C(C)C)c1NC(=O)NCc1cccc(OCc2ccc([N+](=O)[O-])cc2)c1. The number of hydrogen-bond acceptors (Lipinski definition) is 4. The first-order valence-corrected chi connectivity index (χ1v) is 11.4. The van der Waals surface area contributed by atoms with E-state index in [-0.39, 0.29) is 11.7 Å². The van der Waals surface area contributed by atoms with Gasteiger partial charge >= 0.3 is 6.03 Å². The second-order valence-corrected chi connectivity index (χ2v) is 8.79. The molecule has 0 heterocycles. The van der Waals surface area contributed by atoms with Crippen molar-refractivity contribution in [3.8, 4) is 5.75 Å². The largest absolute Gasteiger partial charge is 0.489 e. The number of nitro groups is 1. The van der Waals surface area contributed by atoms with Gasteiger partial charge in [0.05, 0.1) is 4.92 Å². The lowest BCUT2D eigenvalue weighted by Crippen LogP contribution is -2.29. The van der Waals surface area contributed by atoms with Crippen LogP contribution in [0.1, 0.15) is 61.8 Å². The Balaban J connectivity index is 1.60. The third-order valence-electron chi connectivity index (χ3n) is 5.52. The molecule has 0 aliphatic heterocycles. The summed E-state index contributed by atoms with van der Waals surface area (Å²) in [6, 6.07) is 19.6. The number of hydrogen-bond donors (Lipinski definition) is 2. The highest BCUT2D eigenvalue weighted by Gasteiger charge is 2.16. The van der Waals surface area contributed by atoms with Gasteiger partial charge in [-0.15, -0.1) is 0 Å². The van der Waals surface area contributed by atoms with Gasteiger partial charge in [0.15, 0.2) is 0 Å². The Bertz CT molecular complexity index is 1110. The van der Waals surface area contributed by atoms with E-state index in [1.807, 2.05) is 30.3 Å². The molecule has 0 radical (unpaired) electrons. The Morgan fingerprint density at radius 1 is 0.912 bits per heavy atom. The second-order valence-electron chi connectivity index (χ2n) is 8.79. The summed E-state index contributed by atoms with van der Waals surface area (Å²) in [5, 5.41) is 16.8. The predicted octanol–water partition coefficient (Wildman–Crippen LogP) is 6.74. The number of rotatable bonds is 9. The minimum absolute atomic E-state index is 0.0478. The number of nitrogens with zero attached hydrogens (tertiary/aromatic N) is 1. The summed E-state index contributed by atoms with van der Waals surface area (Å²) in [7, 11) is 0. The van der Waals surface area contributed by atoms with Crippen LogP contribution in [0, 0.1) is 10.1 Å². The third-order valence-corrected chi connectivity index (χ3v) is 5.52. The van der Waals surface area contributed by atoms with Crippen molar-refractivity contribution in [3.05, 3.63) is 99.1 Å². The van der Waals surface area contributed by atoms with Crippen LogP contribution in [0.4, 0.5) is 16.2 Å². The summed E-state index contributed by atoms with van der Waals surface area (Å²) in [4.78, 5) is 23.1. The number of urea groups is 1. The molecule has 0 unspecified atom stereocenters. The minimum atomic E-state index is -0.428. The Kier molecular flexibility index (Phi) is 8.24. The van der Waals surface area contributed by atoms with E-state index in [9.17, 15) is 14.9 Å². The fourth-order valence-corrected chi connectivity index (χ4v) is 3.66. The lowest BCUT2D eigenvalue weighted by atomic mass is 9.93. The van der Waals surface area contributed by atoms with E-state index in [1.165, 1.54) is 12.1 Å². The second kappa shape index (κ2) is 11.3. The van der Waals surface area contributed by atoms with Gasteiger partial charge in [0, 0.05) is 24.4 Å². The molecule has 0 aliphatic rings. The van der Waals surface area contributed by atoms with Gasteiger partial charge in [-0.1, -0.05) is 58.0 Å². The molecule has 0 aliphatic carbocycles. The lowest BCUT2D eigenvalue weighted by molar-refractivity contribution is -0.384. The average Bonchev–Trinajstić information content (AvgIpc) is 2.81. The Labute approximate surface area is 200 Å². The van der Waals surface area contributed by atoms with Gasteiger partial charge in [0.1, 0.15) is 12.4 Å². The van der Waals surface area contributed by atoms with Crippen molar-refractivity contribution in [2.45, 2.75) is 52.7 Å². The van der Waals surface area contributed by atoms with E-state index in [0.29, 0.717) is 30.7 Å². The highest BCUT2D eigenvalue weighted by Crippen LogP contribution is 2.32. The predicted molar refractivity (Wildman–Crippen MR) is 134 cm³/mol. The van der Waals surface area contributed by atoms with E-state index in [0.717, 1.165) is 27.9 Å². The number of nitro benzene ring substituents is 1. The summed E-state index contributed by atoms with van der Waals surface area (Å²) in [5.74, 6) is 1.24. The molecule has 0 aromatic heterocycles. The van der Waals surface area contributed by atoms with Gasteiger partial charge in [-0.25, -0.2) is 4.79 Å². The molecule has 2 N–H and O–H groups in total. The zero-order valence-corrected chi connectivity index (χ0v) is 20.0. The van der Waals surface area contributed by atoms with Gasteiger partial charge in [-0.3, -0.25) is 10.1 Å². The van der Waals surface area contributed by atoms with Gasteiger partial charge in [-0.05, 0) is 58.4 Å². The van der Waals surface area contributed by atoms with Crippen LogP contribution in [0.2, 0.25) is 0 Å². The number of anilines is 1. The Hall–Kier alpha value is -3.87. The first-order valence-electron chi connectivity index (χ1n) is 11.4. The average molecular weight is 462 g/mol. The fraction of sp³-hybridized carbons (Fsp3) is 0.296. The molecule has 178 valence electrons. The number of non-ortho nitro benzene ring substituents is 1. The number of nitrogens with one attached hydrogen (secondary N) is 2. The molecule has 7 heteroatoms. The van der Waals surface area contributed by atoms with Crippen LogP contribution in [0.15, 0.2) is 66.7 Å². The van der Waals surface area contributed by atoms with Crippen molar-refractivity contribution in [3.63, 3.8) is 0 Å². The Morgan fingerprint density at radius 3 is 2.12 bits per heavy atom. The smallest absolute Gasteiger partial charge is 0.319 e. The van der Waals surface area contributed by atoms with E-state index in [1.54, 1.807) is 12.1 Å². The highest BCUT2D eigenvalue weighted by atomic mass is 16.6. The maximum Gasteiger partial charge on any atom is 0.319 e. The number of carbonyl (C=O) groups excluding carboxylic acids is 1. The van der Waals surface area contributed by atoms with E-state index >= 15 is 0 Å². The molecule has 0 saturated heterocycles. The van der Waals surface area contributed by atoms with Crippen LogP contribution in [0.25, 0.3) is 0 Å². The van der Waals surface area contributed by atoms with E-state index in [2.05, 4.69) is 50.5 Å². The van der Waals surface area contributed by atoms with Crippen LogP contribution in [0.3, 0.4) is 0 Å². The third kappa shape index (κ3) is 6.57. The quantitative estimate of drug-likeness (QED) is 0.272. The van der Waals surface area contributed by atoms with Crippen molar-refractivity contribution in [2.24, 2.45) is 0 Å². The van der Waals surface area contributed by atoms with Gasteiger partial charge < -0.3 is 15.4 Å². The monoisotopic (exact) mass is 461 g/mol. The molecule has 0 spiro atoms. The molecule has 0 fully saturated rings. The van der Waals surface area contributed by atoms with Crippen LogP contribution < -0.4 is 15.4 Å². The summed E-state index contributed by atoms with van der Waals surface area (Å²) in [6.45, 7) is 9.10. The number of carbonyl (C=O) groups is 1. The van der Waals surface area contributed by atoms with Crippen molar-refractivity contribution in [1.29, 1.82) is 0 Å². The number of ether oxygens (including phenoxy) is 1. The van der Waals surface area contributed by atoms with Crippen LogP contribution in [-0.4, -0.2) is 11.0 Å². The highest BCUT2D eigenvalue weighted by molar-refractivity contribution is 5.91. The zero-order valence-electron chi connectivity index (χ0n) is 20.0.